The van der Waals surface area contributed by atoms with Crippen molar-refractivity contribution < 1.29 is 0 Å². The van der Waals surface area contributed by atoms with Crippen molar-refractivity contribution in [2.75, 3.05) is 18.9 Å². The summed E-state index contributed by atoms with van der Waals surface area (Å²) in [5.41, 5.74) is 1.32. The molecule has 3 nitrogen and oxygen atoms in total. The molecule has 0 aliphatic rings. The quantitative estimate of drug-likeness (QED) is 0.800. The molecule has 1 heterocycles. The van der Waals surface area contributed by atoms with Crippen molar-refractivity contribution in [3.8, 4) is 0 Å². The lowest BCUT2D eigenvalue weighted by atomic mass is 10.1. The van der Waals surface area contributed by atoms with Crippen molar-refractivity contribution in [2.45, 2.75) is 39.8 Å². The molecule has 0 fully saturated rings. The Morgan fingerprint density at radius 3 is 2.75 bits per heavy atom. The molecule has 3 heteroatoms. The Morgan fingerprint density at radius 2 is 2.19 bits per heavy atom. The molecule has 1 unspecified atom stereocenters. The number of nitrogens with zero attached hydrogens (tertiary/aromatic N) is 2. The Kier molecular flexibility index (Phi) is 5.26. The van der Waals surface area contributed by atoms with Crippen LogP contribution in [0.1, 0.15) is 32.8 Å². The first-order valence-electron chi connectivity index (χ1n) is 6.08. The van der Waals surface area contributed by atoms with E-state index in [4.69, 9.17) is 0 Å². The standard InChI is InChI=1S/C13H23N3/c1-5-11(3)16(6-2)10-12-7-8-15-13(9-12)14-4/h7-9,11H,5-6,10H2,1-4H3,(H,14,15). The number of anilines is 1. The van der Waals surface area contributed by atoms with Gasteiger partial charge in [0.2, 0.25) is 0 Å². The van der Waals surface area contributed by atoms with Crippen LogP contribution in [0.4, 0.5) is 5.82 Å². The molecule has 0 radical (unpaired) electrons. The maximum atomic E-state index is 4.23. The number of hydrogen-bond acceptors (Lipinski definition) is 3. The molecule has 1 aromatic rings. The molecule has 0 bridgehead atoms. The van der Waals surface area contributed by atoms with Crippen LogP contribution in [-0.4, -0.2) is 29.5 Å². The Hall–Kier alpha value is -1.09. The molecule has 0 saturated carbocycles. The molecule has 0 aliphatic heterocycles. The summed E-state index contributed by atoms with van der Waals surface area (Å²) in [6, 6.07) is 4.84. The summed E-state index contributed by atoms with van der Waals surface area (Å²) in [6.07, 6.45) is 3.06. The zero-order valence-electron chi connectivity index (χ0n) is 10.8. The van der Waals surface area contributed by atoms with Gasteiger partial charge in [0, 0.05) is 25.8 Å². The summed E-state index contributed by atoms with van der Waals surface area (Å²) in [5, 5.41) is 3.07. The highest BCUT2D eigenvalue weighted by molar-refractivity contribution is 5.36. The van der Waals surface area contributed by atoms with Crippen LogP contribution in [0.5, 0.6) is 0 Å². The van der Waals surface area contributed by atoms with Crippen LogP contribution >= 0.6 is 0 Å². The third-order valence-corrected chi connectivity index (χ3v) is 3.09. The molecule has 0 amide bonds. The molecule has 1 N–H and O–H groups in total. The van der Waals surface area contributed by atoms with Crippen molar-refractivity contribution in [1.29, 1.82) is 0 Å². The monoisotopic (exact) mass is 221 g/mol. The fourth-order valence-electron chi connectivity index (χ4n) is 1.78. The van der Waals surface area contributed by atoms with Crippen molar-refractivity contribution in [2.24, 2.45) is 0 Å². The highest BCUT2D eigenvalue weighted by Gasteiger charge is 2.10. The predicted molar refractivity (Wildman–Crippen MR) is 69.6 cm³/mol. The molecule has 1 rings (SSSR count). The smallest absolute Gasteiger partial charge is 0.125 e. The fraction of sp³-hybridized carbons (Fsp3) is 0.615. The van der Waals surface area contributed by atoms with Crippen molar-refractivity contribution in [1.82, 2.24) is 9.88 Å². The first-order valence-corrected chi connectivity index (χ1v) is 6.08. The average Bonchev–Trinajstić information content (AvgIpc) is 2.35. The minimum Gasteiger partial charge on any atom is -0.373 e. The molecule has 0 saturated heterocycles. The minimum absolute atomic E-state index is 0.635. The average molecular weight is 221 g/mol. The van der Waals surface area contributed by atoms with E-state index >= 15 is 0 Å². The van der Waals surface area contributed by atoms with E-state index in [-0.39, 0.29) is 0 Å². The number of aromatic nitrogens is 1. The molecule has 1 atom stereocenters. The highest BCUT2D eigenvalue weighted by atomic mass is 15.1. The summed E-state index contributed by atoms with van der Waals surface area (Å²) in [7, 11) is 1.90. The van der Waals surface area contributed by atoms with E-state index in [9.17, 15) is 0 Å². The van der Waals surface area contributed by atoms with Crippen LogP contribution < -0.4 is 5.32 Å². The fourth-order valence-corrected chi connectivity index (χ4v) is 1.78. The number of rotatable bonds is 6. The van der Waals surface area contributed by atoms with Gasteiger partial charge in [0.1, 0.15) is 5.82 Å². The van der Waals surface area contributed by atoms with E-state index < -0.39 is 0 Å². The van der Waals surface area contributed by atoms with Crippen LogP contribution in [-0.2, 0) is 6.54 Å². The van der Waals surface area contributed by atoms with Crippen LogP contribution in [0.25, 0.3) is 0 Å². The SMILES string of the molecule is CCC(C)N(CC)Cc1ccnc(NC)c1. The normalized spacial score (nSPS) is 12.8. The molecular formula is C13H23N3. The van der Waals surface area contributed by atoms with Gasteiger partial charge in [-0.25, -0.2) is 4.98 Å². The highest BCUT2D eigenvalue weighted by Crippen LogP contribution is 2.12. The summed E-state index contributed by atoms with van der Waals surface area (Å²) < 4.78 is 0. The molecule has 0 spiro atoms. The second-order valence-corrected chi connectivity index (χ2v) is 4.12. The second kappa shape index (κ2) is 6.48. The molecule has 0 aliphatic carbocycles. The van der Waals surface area contributed by atoms with Gasteiger partial charge in [-0.05, 0) is 37.6 Å². The maximum Gasteiger partial charge on any atom is 0.125 e. The van der Waals surface area contributed by atoms with Gasteiger partial charge in [-0.15, -0.1) is 0 Å². The topological polar surface area (TPSA) is 28.2 Å². The first kappa shape index (κ1) is 13.0. The summed E-state index contributed by atoms with van der Waals surface area (Å²) in [6.45, 7) is 8.82. The summed E-state index contributed by atoms with van der Waals surface area (Å²) in [4.78, 5) is 6.71. The lowest BCUT2D eigenvalue weighted by Gasteiger charge is -2.27. The van der Waals surface area contributed by atoms with Crippen molar-refractivity contribution in [3.63, 3.8) is 0 Å². The minimum atomic E-state index is 0.635. The number of pyridine rings is 1. The lowest BCUT2D eigenvalue weighted by Crippen LogP contribution is -2.31. The number of hydrogen-bond donors (Lipinski definition) is 1. The van der Waals surface area contributed by atoms with Gasteiger partial charge < -0.3 is 5.32 Å². The zero-order valence-corrected chi connectivity index (χ0v) is 10.8. The van der Waals surface area contributed by atoms with Gasteiger partial charge in [0.25, 0.3) is 0 Å². The van der Waals surface area contributed by atoms with E-state index in [2.05, 4.69) is 48.1 Å². The third-order valence-electron chi connectivity index (χ3n) is 3.09. The van der Waals surface area contributed by atoms with E-state index in [1.807, 2.05) is 13.2 Å². The van der Waals surface area contributed by atoms with E-state index in [1.54, 1.807) is 0 Å². The summed E-state index contributed by atoms with van der Waals surface area (Å²) >= 11 is 0. The molecule has 90 valence electrons. The summed E-state index contributed by atoms with van der Waals surface area (Å²) in [5.74, 6) is 0.942. The van der Waals surface area contributed by atoms with Gasteiger partial charge in [-0.1, -0.05) is 13.8 Å². The van der Waals surface area contributed by atoms with Gasteiger partial charge >= 0.3 is 0 Å². The Labute approximate surface area is 98.9 Å². The third kappa shape index (κ3) is 3.49. The van der Waals surface area contributed by atoms with Crippen LogP contribution in [0.15, 0.2) is 18.3 Å². The van der Waals surface area contributed by atoms with Crippen molar-refractivity contribution in [3.05, 3.63) is 23.9 Å². The second-order valence-electron chi connectivity index (χ2n) is 4.12. The largest absolute Gasteiger partial charge is 0.373 e. The van der Waals surface area contributed by atoms with Crippen LogP contribution in [0.2, 0.25) is 0 Å². The molecular weight excluding hydrogens is 198 g/mol. The molecule has 1 aromatic heterocycles. The van der Waals surface area contributed by atoms with Crippen LogP contribution in [0, 0.1) is 0 Å². The van der Waals surface area contributed by atoms with Gasteiger partial charge in [0.15, 0.2) is 0 Å². The first-order chi connectivity index (χ1) is 7.71. The van der Waals surface area contributed by atoms with Gasteiger partial charge in [-0.2, -0.15) is 0 Å². The van der Waals surface area contributed by atoms with Crippen molar-refractivity contribution >= 4 is 5.82 Å². The molecule has 0 aromatic carbocycles. The van der Waals surface area contributed by atoms with E-state index in [1.165, 1.54) is 12.0 Å². The Balaban J connectivity index is 2.69. The Morgan fingerprint density at radius 1 is 1.44 bits per heavy atom. The lowest BCUT2D eigenvalue weighted by molar-refractivity contribution is 0.206. The maximum absolute atomic E-state index is 4.23. The van der Waals surface area contributed by atoms with E-state index in [0.29, 0.717) is 6.04 Å². The van der Waals surface area contributed by atoms with Gasteiger partial charge in [-0.3, -0.25) is 4.90 Å². The Bertz CT molecular complexity index is 312. The predicted octanol–water partition coefficient (Wildman–Crippen LogP) is 2.74. The van der Waals surface area contributed by atoms with Crippen LogP contribution in [0.3, 0.4) is 0 Å². The zero-order chi connectivity index (χ0) is 12.0. The van der Waals surface area contributed by atoms with Gasteiger partial charge in [0.05, 0.1) is 0 Å². The molecule has 16 heavy (non-hydrogen) atoms. The van der Waals surface area contributed by atoms with E-state index in [0.717, 1.165) is 18.9 Å². The number of nitrogens with one attached hydrogen (secondary N) is 1.